The number of amides is 1. The van der Waals surface area contributed by atoms with Gasteiger partial charge in [-0.25, -0.2) is 0 Å². The van der Waals surface area contributed by atoms with E-state index in [2.05, 4.69) is 5.32 Å². The molecule has 2 aliphatic rings. The number of halogens is 1. The van der Waals surface area contributed by atoms with E-state index in [-0.39, 0.29) is 17.7 Å². The topological polar surface area (TPSA) is 66.4 Å². The predicted molar refractivity (Wildman–Crippen MR) is 75.4 cm³/mol. The van der Waals surface area contributed by atoms with Gasteiger partial charge in [0.15, 0.2) is 0 Å². The normalized spacial score (nSPS) is 30.4. The molecule has 0 aliphatic heterocycles. The van der Waals surface area contributed by atoms with E-state index in [9.17, 15) is 14.7 Å². The van der Waals surface area contributed by atoms with Crippen LogP contribution in [0.5, 0.6) is 0 Å². The number of fused-ring (bicyclic) bond motifs is 2. The molecule has 2 aliphatic carbocycles. The minimum Gasteiger partial charge on any atom is -0.481 e. The third-order valence-electron chi connectivity index (χ3n) is 4.14. The molecule has 0 saturated heterocycles. The zero-order valence-electron chi connectivity index (χ0n) is 10.6. The second kappa shape index (κ2) is 4.94. The van der Waals surface area contributed by atoms with Crippen molar-refractivity contribution in [3.8, 4) is 0 Å². The largest absolute Gasteiger partial charge is 0.481 e. The summed E-state index contributed by atoms with van der Waals surface area (Å²) in [6, 6.07) is 6.85. The van der Waals surface area contributed by atoms with Crippen LogP contribution in [0.4, 0.5) is 5.69 Å². The van der Waals surface area contributed by atoms with Crippen molar-refractivity contribution in [2.24, 2.45) is 23.7 Å². The third kappa shape index (κ3) is 2.20. The zero-order valence-corrected chi connectivity index (χ0v) is 11.4. The van der Waals surface area contributed by atoms with Crippen LogP contribution in [0.25, 0.3) is 0 Å². The highest BCUT2D eigenvalue weighted by molar-refractivity contribution is 6.30. The summed E-state index contributed by atoms with van der Waals surface area (Å²) in [5.41, 5.74) is 0.596. The van der Waals surface area contributed by atoms with Gasteiger partial charge in [0.25, 0.3) is 0 Å². The predicted octanol–water partition coefficient (Wildman–Crippen LogP) is 2.80. The van der Waals surface area contributed by atoms with Gasteiger partial charge < -0.3 is 10.4 Å². The highest BCUT2D eigenvalue weighted by Crippen LogP contribution is 2.48. The molecular formula is C15H14ClNO3. The van der Waals surface area contributed by atoms with Gasteiger partial charge in [-0.3, -0.25) is 9.59 Å². The fourth-order valence-corrected chi connectivity index (χ4v) is 3.50. The van der Waals surface area contributed by atoms with Crippen LogP contribution >= 0.6 is 11.6 Å². The lowest BCUT2D eigenvalue weighted by molar-refractivity contribution is -0.146. The number of rotatable bonds is 3. The van der Waals surface area contributed by atoms with Gasteiger partial charge in [-0.2, -0.15) is 0 Å². The van der Waals surface area contributed by atoms with Gasteiger partial charge in [-0.05, 0) is 36.5 Å². The Labute approximate surface area is 121 Å². The van der Waals surface area contributed by atoms with Crippen LogP contribution in [0.3, 0.4) is 0 Å². The van der Waals surface area contributed by atoms with Gasteiger partial charge in [0.2, 0.25) is 5.91 Å². The molecule has 1 amide bonds. The van der Waals surface area contributed by atoms with Gasteiger partial charge in [0.05, 0.1) is 11.8 Å². The molecule has 1 fully saturated rings. The summed E-state index contributed by atoms with van der Waals surface area (Å²) >= 11 is 5.87. The van der Waals surface area contributed by atoms with Crippen molar-refractivity contribution < 1.29 is 14.7 Å². The maximum atomic E-state index is 12.4. The van der Waals surface area contributed by atoms with E-state index in [4.69, 9.17) is 11.6 Å². The molecule has 2 bridgehead atoms. The summed E-state index contributed by atoms with van der Waals surface area (Å²) in [4.78, 5) is 23.8. The summed E-state index contributed by atoms with van der Waals surface area (Å²) < 4.78 is 0. The molecule has 5 heteroatoms. The molecule has 4 nitrogen and oxygen atoms in total. The van der Waals surface area contributed by atoms with E-state index in [0.717, 1.165) is 6.42 Å². The molecule has 0 aromatic heterocycles. The van der Waals surface area contributed by atoms with Crippen LogP contribution < -0.4 is 5.32 Å². The minimum atomic E-state index is -0.895. The Morgan fingerprint density at radius 1 is 1.20 bits per heavy atom. The van der Waals surface area contributed by atoms with Crippen molar-refractivity contribution in [1.29, 1.82) is 0 Å². The van der Waals surface area contributed by atoms with Crippen LogP contribution in [-0.4, -0.2) is 17.0 Å². The number of nitrogens with one attached hydrogen (secondary N) is 1. The van der Waals surface area contributed by atoms with Crippen molar-refractivity contribution in [3.05, 3.63) is 41.4 Å². The monoisotopic (exact) mass is 291 g/mol. The standard InChI is InChI=1S/C15H14ClNO3/c16-10-2-1-3-11(7-10)17-14(18)12-8-4-5-9(6-8)13(12)15(19)20/h1-5,7-9,12-13H,6H2,(H,17,18)(H,19,20)/t8-,9+,12-,13+/m0/s1. The molecule has 0 heterocycles. The Kier molecular flexibility index (Phi) is 3.26. The Morgan fingerprint density at radius 3 is 2.55 bits per heavy atom. The second-order valence-corrected chi connectivity index (χ2v) is 5.77. The first-order chi connectivity index (χ1) is 9.56. The van der Waals surface area contributed by atoms with Gasteiger partial charge in [0.1, 0.15) is 0 Å². The van der Waals surface area contributed by atoms with E-state index in [1.54, 1.807) is 24.3 Å². The zero-order chi connectivity index (χ0) is 14.3. The number of hydrogen-bond donors (Lipinski definition) is 2. The molecule has 0 radical (unpaired) electrons. The number of aliphatic carboxylic acids is 1. The fraction of sp³-hybridized carbons (Fsp3) is 0.333. The van der Waals surface area contributed by atoms with E-state index in [1.807, 2.05) is 12.2 Å². The van der Waals surface area contributed by atoms with E-state index >= 15 is 0 Å². The Hall–Kier alpha value is -1.81. The molecule has 1 aromatic rings. The molecule has 1 saturated carbocycles. The number of carboxylic acid groups (broad SMARTS) is 1. The van der Waals surface area contributed by atoms with Gasteiger partial charge in [0, 0.05) is 10.7 Å². The summed E-state index contributed by atoms with van der Waals surface area (Å²) in [5, 5.41) is 12.6. The number of carbonyl (C=O) groups excluding carboxylic acids is 1. The van der Waals surface area contributed by atoms with Crippen molar-refractivity contribution in [2.75, 3.05) is 5.32 Å². The Balaban J connectivity index is 1.80. The molecular weight excluding hydrogens is 278 g/mol. The van der Waals surface area contributed by atoms with E-state index in [0.29, 0.717) is 10.7 Å². The summed E-state index contributed by atoms with van der Waals surface area (Å²) in [5.74, 6) is -2.25. The van der Waals surface area contributed by atoms with Gasteiger partial charge in [-0.1, -0.05) is 29.8 Å². The average molecular weight is 292 g/mol. The molecule has 4 atom stereocenters. The molecule has 104 valence electrons. The third-order valence-corrected chi connectivity index (χ3v) is 4.37. The van der Waals surface area contributed by atoms with Gasteiger partial charge >= 0.3 is 5.97 Å². The number of anilines is 1. The van der Waals surface area contributed by atoms with Crippen LogP contribution in [0, 0.1) is 23.7 Å². The van der Waals surface area contributed by atoms with Crippen LogP contribution in [0.15, 0.2) is 36.4 Å². The number of hydrogen-bond acceptors (Lipinski definition) is 2. The summed E-state index contributed by atoms with van der Waals surface area (Å²) in [6.45, 7) is 0. The quantitative estimate of drug-likeness (QED) is 0.842. The van der Waals surface area contributed by atoms with Crippen molar-refractivity contribution >= 4 is 29.2 Å². The Morgan fingerprint density at radius 2 is 1.90 bits per heavy atom. The number of carbonyl (C=O) groups is 2. The smallest absolute Gasteiger partial charge is 0.307 e. The maximum absolute atomic E-state index is 12.4. The molecule has 1 aromatic carbocycles. The first-order valence-electron chi connectivity index (χ1n) is 6.54. The van der Waals surface area contributed by atoms with Crippen LogP contribution in [0.2, 0.25) is 5.02 Å². The average Bonchev–Trinajstić information content (AvgIpc) is 2.98. The molecule has 3 rings (SSSR count). The SMILES string of the molecule is O=C(Nc1cccc(Cl)c1)[C@@H]1[C@H](C(=O)O)[C@@H]2C=C[C@H]1C2. The van der Waals surface area contributed by atoms with Crippen molar-refractivity contribution in [3.63, 3.8) is 0 Å². The highest BCUT2D eigenvalue weighted by Gasteiger charge is 2.51. The number of carboxylic acids is 1. The lowest BCUT2D eigenvalue weighted by Crippen LogP contribution is -2.36. The number of allylic oxidation sites excluding steroid dienone is 2. The highest BCUT2D eigenvalue weighted by atomic mass is 35.5. The van der Waals surface area contributed by atoms with Crippen molar-refractivity contribution in [1.82, 2.24) is 0 Å². The van der Waals surface area contributed by atoms with E-state index in [1.165, 1.54) is 0 Å². The lowest BCUT2D eigenvalue weighted by atomic mass is 9.82. The summed E-state index contributed by atoms with van der Waals surface area (Å²) in [6.07, 6.45) is 4.64. The van der Waals surface area contributed by atoms with Gasteiger partial charge in [-0.15, -0.1) is 0 Å². The first kappa shape index (κ1) is 13.2. The molecule has 0 unspecified atom stereocenters. The minimum absolute atomic E-state index is 0.0207. The molecule has 2 N–H and O–H groups in total. The second-order valence-electron chi connectivity index (χ2n) is 5.34. The van der Waals surface area contributed by atoms with Crippen LogP contribution in [0.1, 0.15) is 6.42 Å². The van der Waals surface area contributed by atoms with E-state index < -0.39 is 17.8 Å². The molecule has 20 heavy (non-hydrogen) atoms. The summed E-state index contributed by atoms with van der Waals surface area (Å²) in [7, 11) is 0. The maximum Gasteiger partial charge on any atom is 0.307 e. The van der Waals surface area contributed by atoms with Crippen LogP contribution in [-0.2, 0) is 9.59 Å². The fourth-order valence-electron chi connectivity index (χ4n) is 3.31. The molecule has 0 spiro atoms. The lowest BCUT2D eigenvalue weighted by Gasteiger charge is -2.23. The number of benzene rings is 1. The Bertz CT molecular complexity index is 599. The first-order valence-corrected chi connectivity index (χ1v) is 6.91. The van der Waals surface area contributed by atoms with Crippen molar-refractivity contribution in [2.45, 2.75) is 6.42 Å².